The van der Waals surface area contributed by atoms with Gasteiger partial charge in [0, 0.05) is 32.9 Å². The molecule has 0 spiro atoms. The average Bonchev–Trinajstić information content (AvgIpc) is 2.45. The first kappa shape index (κ1) is 16.3. The van der Waals surface area contributed by atoms with Crippen molar-refractivity contribution in [3.05, 3.63) is 23.9 Å². The summed E-state index contributed by atoms with van der Waals surface area (Å²) in [5.41, 5.74) is 1.16. The van der Waals surface area contributed by atoms with E-state index in [2.05, 4.69) is 47.4 Å². The lowest BCUT2D eigenvalue weighted by atomic mass is 10.2. The topological polar surface area (TPSA) is 52.6 Å². The Bertz CT molecular complexity index is 428. The molecule has 0 saturated heterocycles. The van der Waals surface area contributed by atoms with Gasteiger partial charge in [-0.1, -0.05) is 6.92 Å². The van der Waals surface area contributed by atoms with Crippen LogP contribution in [0.2, 0.25) is 0 Å². The van der Waals surface area contributed by atoms with Gasteiger partial charge in [0.1, 0.15) is 5.82 Å². The number of nitrogens with zero attached hydrogens (tertiary/aromatic N) is 3. The van der Waals surface area contributed by atoms with Gasteiger partial charge in [-0.25, -0.2) is 9.98 Å². The van der Waals surface area contributed by atoms with Crippen molar-refractivity contribution in [1.82, 2.24) is 15.6 Å². The molecule has 0 aromatic carbocycles. The predicted molar refractivity (Wildman–Crippen MR) is 86.3 cm³/mol. The molecular weight excluding hydrogens is 250 g/mol. The molecule has 5 heteroatoms. The van der Waals surface area contributed by atoms with Gasteiger partial charge in [-0.3, -0.25) is 0 Å². The number of hydrogen-bond donors (Lipinski definition) is 2. The molecule has 1 aromatic rings. The number of aliphatic imine (C=N–C) groups is 1. The Hall–Kier alpha value is -1.78. The van der Waals surface area contributed by atoms with Gasteiger partial charge in [0.05, 0.1) is 6.54 Å². The van der Waals surface area contributed by atoms with Crippen LogP contribution in [0.15, 0.2) is 23.3 Å². The van der Waals surface area contributed by atoms with E-state index in [1.54, 1.807) is 0 Å². The molecule has 0 aliphatic carbocycles. The summed E-state index contributed by atoms with van der Waals surface area (Å²) in [6.45, 7) is 7.90. The molecule has 0 bridgehead atoms. The maximum Gasteiger partial charge on any atom is 0.191 e. The molecule has 0 fully saturated rings. The molecule has 1 rings (SSSR count). The molecule has 20 heavy (non-hydrogen) atoms. The van der Waals surface area contributed by atoms with Crippen LogP contribution in [0.1, 0.15) is 32.8 Å². The quantitative estimate of drug-likeness (QED) is 0.617. The SMILES string of the molecule is CCNC(=NCc1ccnc(N(C)C)c1)NC(C)CC. The smallest absolute Gasteiger partial charge is 0.191 e. The highest BCUT2D eigenvalue weighted by Gasteiger charge is 2.03. The van der Waals surface area contributed by atoms with Crippen LogP contribution in [0.4, 0.5) is 5.82 Å². The maximum absolute atomic E-state index is 4.62. The minimum Gasteiger partial charge on any atom is -0.363 e. The monoisotopic (exact) mass is 277 g/mol. The molecule has 1 heterocycles. The van der Waals surface area contributed by atoms with Gasteiger partial charge in [-0.15, -0.1) is 0 Å². The number of guanidine groups is 1. The van der Waals surface area contributed by atoms with Crippen molar-refractivity contribution < 1.29 is 0 Å². The van der Waals surface area contributed by atoms with E-state index in [9.17, 15) is 0 Å². The first-order valence-corrected chi connectivity index (χ1v) is 7.23. The average molecular weight is 277 g/mol. The van der Waals surface area contributed by atoms with Crippen LogP contribution in [0.3, 0.4) is 0 Å². The van der Waals surface area contributed by atoms with Gasteiger partial charge in [0.2, 0.25) is 0 Å². The minimum atomic E-state index is 0.419. The molecule has 0 saturated carbocycles. The predicted octanol–water partition coefficient (Wildman–Crippen LogP) is 2.00. The Morgan fingerprint density at radius 3 is 2.75 bits per heavy atom. The standard InChI is InChI=1S/C15H27N5/c1-6-12(3)19-15(16-7-2)18-11-13-8-9-17-14(10-13)20(4)5/h8-10,12H,6-7,11H2,1-5H3,(H2,16,18,19). The van der Waals surface area contributed by atoms with Crippen molar-refractivity contribution in [3.63, 3.8) is 0 Å². The number of rotatable bonds is 6. The minimum absolute atomic E-state index is 0.419. The van der Waals surface area contributed by atoms with Gasteiger partial charge < -0.3 is 15.5 Å². The summed E-state index contributed by atoms with van der Waals surface area (Å²) in [6.07, 6.45) is 2.90. The number of hydrogen-bond acceptors (Lipinski definition) is 3. The summed E-state index contributed by atoms with van der Waals surface area (Å²) >= 11 is 0. The van der Waals surface area contributed by atoms with Crippen LogP contribution < -0.4 is 15.5 Å². The van der Waals surface area contributed by atoms with Crippen molar-refractivity contribution >= 4 is 11.8 Å². The largest absolute Gasteiger partial charge is 0.363 e. The van der Waals surface area contributed by atoms with Crippen molar-refractivity contribution in [2.75, 3.05) is 25.5 Å². The van der Waals surface area contributed by atoms with E-state index >= 15 is 0 Å². The fourth-order valence-corrected chi connectivity index (χ4v) is 1.63. The van der Waals surface area contributed by atoms with Crippen LogP contribution >= 0.6 is 0 Å². The molecule has 0 aliphatic heterocycles. The molecule has 112 valence electrons. The van der Waals surface area contributed by atoms with Crippen molar-refractivity contribution in [1.29, 1.82) is 0 Å². The van der Waals surface area contributed by atoms with Crippen molar-refractivity contribution in [2.45, 2.75) is 39.8 Å². The van der Waals surface area contributed by atoms with Crippen LogP contribution in [0.5, 0.6) is 0 Å². The van der Waals surface area contributed by atoms with E-state index < -0.39 is 0 Å². The zero-order chi connectivity index (χ0) is 15.0. The third kappa shape index (κ3) is 5.47. The Morgan fingerprint density at radius 2 is 2.15 bits per heavy atom. The van der Waals surface area contributed by atoms with Crippen LogP contribution in [0.25, 0.3) is 0 Å². The highest BCUT2D eigenvalue weighted by Crippen LogP contribution is 2.10. The second-order valence-corrected chi connectivity index (χ2v) is 5.07. The van der Waals surface area contributed by atoms with Gasteiger partial charge in [0.15, 0.2) is 5.96 Å². The molecule has 0 radical (unpaired) electrons. The summed E-state index contributed by atoms with van der Waals surface area (Å²) in [6, 6.07) is 4.49. The van der Waals surface area contributed by atoms with Crippen LogP contribution in [-0.4, -0.2) is 37.6 Å². The van der Waals surface area contributed by atoms with Crippen LogP contribution in [0, 0.1) is 0 Å². The van der Waals surface area contributed by atoms with Gasteiger partial charge in [-0.05, 0) is 38.0 Å². The van der Waals surface area contributed by atoms with E-state index in [1.165, 1.54) is 0 Å². The summed E-state index contributed by atoms with van der Waals surface area (Å²) in [5.74, 6) is 1.82. The maximum atomic E-state index is 4.62. The Kier molecular flexibility index (Phi) is 6.84. The molecule has 0 aliphatic rings. The Balaban J connectivity index is 2.73. The Labute approximate surface area is 122 Å². The van der Waals surface area contributed by atoms with E-state index in [0.717, 1.165) is 30.3 Å². The summed E-state index contributed by atoms with van der Waals surface area (Å²) in [5, 5.41) is 6.66. The first-order chi connectivity index (χ1) is 9.56. The van der Waals surface area contributed by atoms with E-state index in [-0.39, 0.29) is 0 Å². The van der Waals surface area contributed by atoms with E-state index in [1.807, 2.05) is 31.3 Å². The summed E-state index contributed by atoms with van der Waals surface area (Å²) in [7, 11) is 3.98. The summed E-state index contributed by atoms with van der Waals surface area (Å²) in [4.78, 5) is 10.9. The van der Waals surface area contributed by atoms with Crippen molar-refractivity contribution in [3.8, 4) is 0 Å². The van der Waals surface area contributed by atoms with Gasteiger partial charge in [0.25, 0.3) is 0 Å². The molecule has 1 unspecified atom stereocenters. The molecule has 0 amide bonds. The van der Waals surface area contributed by atoms with Gasteiger partial charge >= 0.3 is 0 Å². The van der Waals surface area contributed by atoms with Crippen molar-refractivity contribution in [2.24, 2.45) is 4.99 Å². The molecule has 1 aromatic heterocycles. The number of aromatic nitrogens is 1. The highest BCUT2D eigenvalue weighted by atomic mass is 15.2. The fourth-order valence-electron chi connectivity index (χ4n) is 1.63. The molecule has 2 N–H and O–H groups in total. The lowest BCUT2D eigenvalue weighted by Gasteiger charge is -2.16. The fraction of sp³-hybridized carbons (Fsp3) is 0.600. The third-order valence-electron chi connectivity index (χ3n) is 3.03. The molecule has 5 nitrogen and oxygen atoms in total. The number of nitrogens with one attached hydrogen (secondary N) is 2. The molecular formula is C15H27N5. The number of pyridine rings is 1. The second kappa shape index (κ2) is 8.40. The normalized spacial score (nSPS) is 12.9. The second-order valence-electron chi connectivity index (χ2n) is 5.07. The van der Waals surface area contributed by atoms with E-state index in [4.69, 9.17) is 0 Å². The van der Waals surface area contributed by atoms with E-state index in [0.29, 0.717) is 12.6 Å². The van der Waals surface area contributed by atoms with Crippen LogP contribution in [-0.2, 0) is 6.54 Å². The molecule has 1 atom stereocenters. The lowest BCUT2D eigenvalue weighted by Crippen LogP contribution is -2.41. The highest BCUT2D eigenvalue weighted by molar-refractivity contribution is 5.80. The first-order valence-electron chi connectivity index (χ1n) is 7.23. The Morgan fingerprint density at radius 1 is 1.40 bits per heavy atom. The zero-order valence-electron chi connectivity index (χ0n) is 13.3. The lowest BCUT2D eigenvalue weighted by molar-refractivity contribution is 0.624. The van der Waals surface area contributed by atoms with Gasteiger partial charge in [-0.2, -0.15) is 0 Å². The number of anilines is 1. The zero-order valence-corrected chi connectivity index (χ0v) is 13.3. The summed E-state index contributed by atoms with van der Waals surface area (Å²) < 4.78 is 0. The third-order valence-corrected chi connectivity index (χ3v) is 3.03.